The van der Waals surface area contributed by atoms with E-state index in [-0.39, 0.29) is 11.2 Å². The highest BCUT2D eigenvalue weighted by Crippen LogP contribution is 2.30. The number of hydrogen-bond donors (Lipinski definition) is 1. The van der Waals surface area contributed by atoms with Crippen LogP contribution in [0.15, 0.2) is 22.7 Å². The van der Waals surface area contributed by atoms with E-state index in [9.17, 15) is 0 Å². The molecular formula is C15H23BrN2O. The molecule has 0 aliphatic carbocycles. The molecule has 0 unspecified atom stereocenters. The van der Waals surface area contributed by atoms with Gasteiger partial charge in [0.15, 0.2) is 0 Å². The topological polar surface area (TPSA) is 38.5 Å². The van der Waals surface area contributed by atoms with Gasteiger partial charge in [-0.3, -0.25) is 4.90 Å². The van der Waals surface area contributed by atoms with Gasteiger partial charge in [-0.15, -0.1) is 0 Å². The van der Waals surface area contributed by atoms with Crippen LogP contribution in [-0.4, -0.2) is 29.2 Å². The van der Waals surface area contributed by atoms with E-state index in [4.69, 9.17) is 10.5 Å². The molecule has 1 fully saturated rings. The maximum Gasteiger partial charge on any atom is 0.0760 e. The first kappa shape index (κ1) is 14.8. The molecule has 106 valence electrons. The zero-order chi connectivity index (χ0) is 14.3. The average Bonchev–Trinajstić information content (AvgIpc) is 2.17. The summed E-state index contributed by atoms with van der Waals surface area (Å²) in [5.74, 6) is 0. The molecule has 0 bridgehead atoms. The van der Waals surface area contributed by atoms with Crippen LogP contribution >= 0.6 is 15.9 Å². The number of ether oxygens (including phenoxy) is 1. The van der Waals surface area contributed by atoms with E-state index in [1.807, 2.05) is 12.1 Å². The third-order valence-corrected chi connectivity index (χ3v) is 3.76. The van der Waals surface area contributed by atoms with Gasteiger partial charge in [-0.25, -0.2) is 0 Å². The number of benzene rings is 1. The molecule has 2 rings (SSSR count). The fourth-order valence-corrected chi connectivity index (χ4v) is 3.39. The molecule has 3 nitrogen and oxygen atoms in total. The molecule has 19 heavy (non-hydrogen) atoms. The summed E-state index contributed by atoms with van der Waals surface area (Å²) in [4.78, 5) is 2.42. The van der Waals surface area contributed by atoms with Crippen molar-refractivity contribution in [3.63, 3.8) is 0 Å². The lowest BCUT2D eigenvalue weighted by Gasteiger charge is -2.47. The predicted molar refractivity (Wildman–Crippen MR) is 83.1 cm³/mol. The van der Waals surface area contributed by atoms with E-state index < -0.39 is 0 Å². The summed E-state index contributed by atoms with van der Waals surface area (Å²) in [5.41, 5.74) is 7.87. The molecule has 1 saturated heterocycles. The summed E-state index contributed by atoms with van der Waals surface area (Å²) in [6.45, 7) is 11.3. The SMILES string of the molecule is CC1(C)CN(Cc2ccc(Br)cc2N)CC(C)(C)O1. The van der Waals surface area contributed by atoms with Crippen molar-refractivity contribution >= 4 is 21.6 Å². The van der Waals surface area contributed by atoms with Crippen molar-refractivity contribution in [1.82, 2.24) is 4.90 Å². The Hall–Kier alpha value is -0.580. The van der Waals surface area contributed by atoms with E-state index in [0.29, 0.717) is 0 Å². The van der Waals surface area contributed by atoms with Crippen molar-refractivity contribution in [3.05, 3.63) is 28.2 Å². The highest BCUT2D eigenvalue weighted by Gasteiger charge is 2.37. The molecule has 1 aromatic rings. The van der Waals surface area contributed by atoms with E-state index in [1.165, 1.54) is 5.56 Å². The summed E-state index contributed by atoms with van der Waals surface area (Å²) in [5, 5.41) is 0. The second-order valence-electron chi connectivity index (χ2n) is 6.61. The highest BCUT2D eigenvalue weighted by molar-refractivity contribution is 9.10. The molecule has 4 heteroatoms. The molecular weight excluding hydrogens is 304 g/mol. The number of morpholine rings is 1. The Kier molecular flexibility index (Phi) is 3.96. The minimum absolute atomic E-state index is 0.119. The lowest BCUT2D eigenvalue weighted by molar-refractivity contribution is -0.182. The summed E-state index contributed by atoms with van der Waals surface area (Å²) in [6.07, 6.45) is 0. The van der Waals surface area contributed by atoms with Gasteiger partial charge in [0.2, 0.25) is 0 Å². The molecule has 0 saturated carbocycles. The molecule has 0 amide bonds. The second-order valence-corrected chi connectivity index (χ2v) is 7.53. The Morgan fingerprint density at radius 1 is 1.21 bits per heavy atom. The number of halogens is 1. The third kappa shape index (κ3) is 3.94. The number of nitrogen functional groups attached to an aromatic ring is 1. The van der Waals surface area contributed by atoms with Gasteiger partial charge >= 0.3 is 0 Å². The number of nitrogens with zero attached hydrogens (tertiary/aromatic N) is 1. The summed E-state index contributed by atoms with van der Waals surface area (Å²) in [6, 6.07) is 6.10. The van der Waals surface area contributed by atoms with Crippen LogP contribution in [0.5, 0.6) is 0 Å². The molecule has 1 heterocycles. The quantitative estimate of drug-likeness (QED) is 0.846. The Labute approximate surface area is 124 Å². The third-order valence-electron chi connectivity index (χ3n) is 3.26. The van der Waals surface area contributed by atoms with Crippen LogP contribution in [0.1, 0.15) is 33.3 Å². The van der Waals surface area contributed by atoms with Gasteiger partial charge in [-0.1, -0.05) is 22.0 Å². The smallest absolute Gasteiger partial charge is 0.0760 e. The summed E-state index contributed by atoms with van der Waals surface area (Å²) in [7, 11) is 0. The Morgan fingerprint density at radius 2 is 1.79 bits per heavy atom. The Morgan fingerprint density at radius 3 is 2.32 bits per heavy atom. The molecule has 0 atom stereocenters. The maximum atomic E-state index is 6.10. The van der Waals surface area contributed by atoms with E-state index >= 15 is 0 Å². The number of hydrogen-bond acceptors (Lipinski definition) is 3. The van der Waals surface area contributed by atoms with Crippen molar-refractivity contribution in [2.24, 2.45) is 0 Å². The Bertz CT molecular complexity index is 455. The Balaban J connectivity index is 2.14. The van der Waals surface area contributed by atoms with Gasteiger partial charge in [0.1, 0.15) is 0 Å². The van der Waals surface area contributed by atoms with Crippen molar-refractivity contribution < 1.29 is 4.74 Å². The normalized spacial score (nSPS) is 22.4. The van der Waals surface area contributed by atoms with Crippen LogP contribution in [0.4, 0.5) is 5.69 Å². The van der Waals surface area contributed by atoms with Crippen LogP contribution in [0.25, 0.3) is 0 Å². The standard InChI is InChI=1S/C15H23BrN2O/c1-14(2)9-18(10-15(3,4)19-14)8-11-5-6-12(16)7-13(11)17/h5-7H,8-10,17H2,1-4H3. The molecule has 2 N–H and O–H groups in total. The average molecular weight is 327 g/mol. The lowest BCUT2D eigenvalue weighted by Crippen LogP contribution is -2.56. The molecule has 0 radical (unpaired) electrons. The highest BCUT2D eigenvalue weighted by atomic mass is 79.9. The van der Waals surface area contributed by atoms with Gasteiger partial charge in [0.25, 0.3) is 0 Å². The first-order valence-electron chi connectivity index (χ1n) is 6.63. The maximum absolute atomic E-state index is 6.10. The van der Waals surface area contributed by atoms with Gasteiger partial charge in [0, 0.05) is 29.8 Å². The molecule has 0 spiro atoms. The van der Waals surface area contributed by atoms with Gasteiger partial charge in [-0.2, -0.15) is 0 Å². The second kappa shape index (κ2) is 5.08. The minimum atomic E-state index is -0.119. The van der Waals surface area contributed by atoms with Gasteiger partial charge in [0.05, 0.1) is 11.2 Å². The van der Waals surface area contributed by atoms with Crippen molar-refractivity contribution in [1.29, 1.82) is 0 Å². The zero-order valence-corrected chi connectivity index (χ0v) is 13.8. The largest absolute Gasteiger partial charge is 0.398 e. The van der Waals surface area contributed by atoms with E-state index in [2.05, 4.69) is 54.6 Å². The molecule has 0 aromatic heterocycles. The fraction of sp³-hybridized carbons (Fsp3) is 0.600. The van der Waals surface area contributed by atoms with Crippen molar-refractivity contribution in [2.75, 3.05) is 18.8 Å². The zero-order valence-electron chi connectivity index (χ0n) is 12.2. The molecule has 1 aromatic carbocycles. The van der Waals surface area contributed by atoms with Gasteiger partial charge < -0.3 is 10.5 Å². The van der Waals surface area contributed by atoms with E-state index in [1.54, 1.807) is 0 Å². The van der Waals surface area contributed by atoms with Crippen LogP contribution in [0.3, 0.4) is 0 Å². The first-order valence-corrected chi connectivity index (χ1v) is 7.43. The fourth-order valence-electron chi connectivity index (χ4n) is 3.01. The van der Waals surface area contributed by atoms with E-state index in [0.717, 1.165) is 29.8 Å². The number of rotatable bonds is 2. The van der Waals surface area contributed by atoms with Crippen LogP contribution in [0, 0.1) is 0 Å². The number of anilines is 1. The predicted octanol–water partition coefficient (Wildman–Crippen LogP) is 3.42. The van der Waals surface area contributed by atoms with Crippen molar-refractivity contribution in [3.8, 4) is 0 Å². The molecule has 1 aliphatic rings. The minimum Gasteiger partial charge on any atom is -0.398 e. The lowest BCUT2D eigenvalue weighted by atomic mass is 9.98. The first-order chi connectivity index (χ1) is 8.67. The summed E-state index contributed by atoms with van der Waals surface area (Å²) < 4.78 is 7.12. The summed E-state index contributed by atoms with van der Waals surface area (Å²) >= 11 is 3.44. The van der Waals surface area contributed by atoms with Crippen LogP contribution < -0.4 is 5.73 Å². The number of nitrogens with two attached hydrogens (primary N) is 1. The van der Waals surface area contributed by atoms with Crippen LogP contribution in [0.2, 0.25) is 0 Å². The monoisotopic (exact) mass is 326 g/mol. The van der Waals surface area contributed by atoms with Crippen molar-refractivity contribution in [2.45, 2.75) is 45.4 Å². The van der Waals surface area contributed by atoms with Gasteiger partial charge in [-0.05, 0) is 45.4 Å². The molecule has 1 aliphatic heterocycles. The van der Waals surface area contributed by atoms with Crippen LogP contribution in [-0.2, 0) is 11.3 Å².